The lowest BCUT2D eigenvalue weighted by atomic mass is 10.1. The number of aromatic nitrogens is 2. The second-order valence-corrected chi connectivity index (χ2v) is 4.32. The number of ether oxygens (including phenoxy) is 1. The average Bonchev–Trinajstić information content (AvgIpc) is 2.93. The molecule has 1 heterocycles. The molecule has 0 radical (unpaired) electrons. The lowest BCUT2D eigenvalue weighted by Gasteiger charge is -2.10. The van der Waals surface area contributed by atoms with E-state index in [1.54, 1.807) is 0 Å². The number of aryl methyl sites for hydroxylation is 1. The van der Waals surface area contributed by atoms with Crippen LogP contribution in [0.25, 0.3) is 0 Å². The summed E-state index contributed by atoms with van der Waals surface area (Å²) in [6, 6.07) is 7.85. The van der Waals surface area contributed by atoms with Gasteiger partial charge in [0.05, 0.1) is 0 Å². The lowest BCUT2D eigenvalue weighted by molar-refractivity contribution is 0.259. The van der Waals surface area contributed by atoms with Crippen LogP contribution in [-0.2, 0) is 13.0 Å². The minimum Gasteiger partial charge on any atom is -0.484 e. The molecule has 0 unspecified atom stereocenters. The average molecular weight is 261 g/mol. The van der Waals surface area contributed by atoms with Crippen molar-refractivity contribution in [2.45, 2.75) is 39.3 Å². The maximum absolute atomic E-state index is 5.95. The molecule has 0 amide bonds. The van der Waals surface area contributed by atoms with Crippen LogP contribution in [0.5, 0.6) is 5.75 Å². The van der Waals surface area contributed by atoms with Crippen molar-refractivity contribution in [3.05, 3.63) is 41.6 Å². The summed E-state index contributed by atoms with van der Waals surface area (Å²) in [5, 5.41) is 7.78. The molecular weight excluding hydrogens is 242 g/mol. The minimum atomic E-state index is 0.0807. The predicted octanol–water partition coefficient (Wildman–Crippen LogP) is 2.62. The Morgan fingerprint density at radius 3 is 2.42 bits per heavy atom. The third-order valence-electron chi connectivity index (χ3n) is 2.92. The summed E-state index contributed by atoms with van der Waals surface area (Å²) in [4.78, 5) is 0. The number of nitrogens with zero attached hydrogens (tertiary/aromatic N) is 2. The molecule has 0 spiro atoms. The van der Waals surface area contributed by atoms with Gasteiger partial charge in [-0.2, -0.15) is 0 Å². The van der Waals surface area contributed by atoms with Gasteiger partial charge in [0.15, 0.2) is 6.61 Å². The highest BCUT2D eigenvalue weighted by Crippen LogP contribution is 2.19. The van der Waals surface area contributed by atoms with Gasteiger partial charge in [-0.25, -0.2) is 0 Å². The van der Waals surface area contributed by atoms with E-state index in [4.69, 9.17) is 14.9 Å². The highest BCUT2D eigenvalue weighted by atomic mass is 16.5. The molecule has 1 atom stereocenters. The number of rotatable bonds is 6. The van der Waals surface area contributed by atoms with Crippen LogP contribution in [0, 0.1) is 0 Å². The van der Waals surface area contributed by atoms with Crippen molar-refractivity contribution < 1.29 is 9.15 Å². The van der Waals surface area contributed by atoms with Crippen molar-refractivity contribution in [2.24, 2.45) is 5.73 Å². The van der Waals surface area contributed by atoms with Gasteiger partial charge >= 0.3 is 0 Å². The van der Waals surface area contributed by atoms with Crippen LogP contribution in [0.1, 0.15) is 43.7 Å². The Morgan fingerprint density at radius 2 is 1.84 bits per heavy atom. The molecule has 5 nitrogen and oxygen atoms in total. The van der Waals surface area contributed by atoms with Crippen molar-refractivity contribution in [1.82, 2.24) is 10.2 Å². The predicted molar refractivity (Wildman–Crippen MR) is 71.7 cm³/mol. The fourth-order valence-electron chi connectivity index (χ4n) is 1.68. The molecule has 0 bridgehead atoms. The highest BCUT2D eigenvalue weighted by Gasteiger charge is 2.06. The van der Waals surface area contributed by atoms with Gasteiger partial charge in [-0.3, -0.25) is 0 Å². The third-order valence-corrected chi connectivity index (χ3v) is 2.92. The number of hydrogen-bond donors (Lipinski definition) is 1. The normalized spacial score (nSPS) is 12.4. The number of benzene rings is 1. The summed E-state index contributed by atoms with van der Waals surface area (Å²) in [5.74, 6) is 1.89. The second-order valence-electron chi connectivity index (χ2n) is 4.32. The van der Waals surface area contributed by atoms with E-state index < -0.39 is 0 Å². The van der Waals surface area contributed by atoms with Gasteiger partial charge < -0.3 is 14.9 Å². The Balaban J connectivity index is 1.92. The minimum absolute atomic E-state index is 0.0807. The summed E-state index contributed by atoms with van der Waals surface area (Å²) in [6.07, 6.45) is 1.65. The first-order chi connectivity index (χ1) is 9.22. The van der Waals surface area contributed by atoms with E-state index in [9.17, 15) is 0 Å². The van der Waals surface area contributed by atoms with Gasteiger partial charge in [0.2, 0.25) is 5.89 Å². The maximum atomic E-state index is 5.95. The first-order valence-electron chi connectivity index (χ1n) is 6.52. The quantitative estimate of drug-likeness (QED) is 0.865. The summed E-state index contributed by atoms with van der Waals surface area (Å²) >= 11 is 0. The molecule has 19 heavy (non-hydrogen) atoms. The van der Waals surface area contributed by atoms with E-state index >= 15 is 0 Å². The number of hydrogen-bond acceptors (Lipinski definition) is 5. The lowest BCUT2D eigenvalue weighted by Crippen LogP contribution is -2.08. The molecule has 0 aliphatic heterocycles. The molecule has 0 aliphatic carbocycles. The molecule has 0 saturated heterocycles. The van der Waals surface area contributed by atoms with E-state index in [1.165, 1.54) is 0 Å². The van der Waals surface area contributed by atoms with E-state index in [0.29, 0.717) is 11.8 Å². The van der Waals surface area contributed by atoms with Crippen molar-refractivity contribution in [2.75, 3.05) is 0 Å². The van der Waals surface area contributed by atoms with E-state index in [-0.39, 0.29) is 12.6 Å². The van der Waals surface area contributed by atoms with Crippen LogP contribution in [0.2, 0.25) is 0 Å². The fourth-order valence-corrected chi connectivity index (χ4v) is 1.68. The Labute approximate surface area is 112 Å². The molecule has 1 aromatic carbocycles. The topological polar surface area (TPSA) is 74.2 Å². The molecular formula is C14H19N3O2. The molecule has 1 aromatic heterocycles. The zero-order chi connectivity index (χ0) is 13.7. The van der Waals surface area contributed by atoms with Crippen molar-refractivity contribution in [3.8, 4) is 5.75 Å². The van der Waals surface area contributed by atoms with Crippen LogP contribution in [0.15, 0.2) is 28.7 Å². The molecule has 5 heteroatoms. The summed E-state index contributed by atoms with van der Waals surface area (Å²) < 4.78 is 10.9. The van der Waals surface area contributed by atoms with Crippen LogP contribution in [0.3, 0.4) is 0 Å². The first-order valence-corrected chi connectivity index (χ1v) is 6.52. The van der Waals surface area contributed by atoms with Crippen LogP contribution < -0.4 is 10.5 Å². The van der Waals surface area contributed by atoms with Crippen molar-refractivity contribution in [1.29, 1.82) is 0 Å². The van der Waals surface area contributed by atoms with Crippen LogP contribution in [-0.4, -0.2) is 10.2 Å². The van der Waals surface area contributed by atoms with Gasteiger partial charge in [0, 0.05) is 12.5 Å². The van der Waals surface area contributed by atoms with E-state index in [0.717, 1.165) is 24.2 Å². The monoisotopic (exact) mass is 261 g/mol. The van der Waals surface area contributed by atoms with Crippen LogP contribution >= 0.6 is 0 Å². The van der Waals surface area contributed by atoms with Crippen molar-refractivity contribution >= 4 is 0 Å². The SMILES string of the molecule is CCc1nnc(COc2ccc([C@@H](N)CC)cc2)o1. The maximum Gasteiger partial charge on any atom is 0.253 e. The molecule has 2 aromatic rings. The van der Waals surface area contributed by atoms with E-state index in [2.05, 4.69) is 17.1 Å². The smallest absolute Gasteiger partial charge is 0.253 e. The van der Waals surface area contributed by atoms with Gasteiger partial charge in [-0.1, -0.05) is 26.0 Å². The van der Waals surface area contributed by atoms with Crippen molar-refractivity contribution in [3.63, 3.8) is 0 Å². The van der Waals surface area contributed by atoms with E-state index in [1.807, 2.05) is 31.2 Å². The fraction of sp³-hybridized carbons (Fsp3) is 0.429. The third kappa shape index (κ3) is 3.54. The standard InChI is InChI=1S/C14H19N3O2/c1-3-12(15)10-5-7-11(8-6-10)18-9-14-17-16-13(4-2)19-14/h5-8,12H,3-4,9,15H2,1-2H3/t12-/m0/s1. The summed E-state index contributed by atoms with van der Waals surface area (Å²) in [5.41, 5.74) is 7.07. The summed E-state index contributed by atoms with van der Waals surface area (Å²) in [6.45, 7) is 4.32. The Hall–Kier alpha value is -1.88. The molecule has 2 N–H and O–H groups in total. The molecule has 2 rings (SSSR count). The van der Waals surface area contributed by atoms with Gasteiger partial charge in [-0.05, 0) is 24.1 Å². The molecule has 0 aliphatic rings. The largest absolute Gasteiger partial charge is 0.484 e. The molecule has 102 valence electrons. The zero-order valence-electron chi connectivity index (χ0n) is 11.3. The summed E-state index contributed by atoms with van der Waals surface area (Å²) in [7, 11) is 0. The second kappa shape index (κ2) is 6.33. The Bertz CT molecular complexity index is 508. The Morgan fingerprint density at radius 1 is 1.16 bits per heavy atom. The first kappa shape index (κ1) is 13.5. The molecule has 0 fully saturated rings. The number of nitrogens with two attached hydrogens (primary N) is 1. The molecule has 0 saturated carbocycles. The highest BCUT2D eigenvalue weighted by molar-refractivity contribution is 5.28. The van der Waals surface area contributed by atoms with Gasteiger partial charge in [0.1, 0.15) is 5.75 Å². The van der Waals surface area contributed by atoms with Gasteiger partial charge in [-0.15, -0.1) is 10.2 Å². The van der Waals surface area contributed by atoms with Crippen LogP contribution in [0.4, 0.5) is 0 Å². The Kier molecular flexibility index (Phi) is 4.52. The van der Waals surface area contributed by atoms with Gasteiger partial charge in [0.25, 0.3) is 5.89 Å². The zero-order valence-corrected chi connectivity index (χ0v) is 11.3.